The summed E-state index contributed by atoms with van der Waals surface area (Å²) in [7, 11) is 0. The molecule has 1 heterocycles. The fourth-order valence-corrected chi connectivity index (χ4v) is 2.32. The molecule has 8 heteroatoms. The third kappa shape index (κ3) is 2.43. The number of benzene rings is 1. The van der Waals surface area contributed by atoms with E-state index in [1.54, 1.807) is 12.2 Å². The smallest absolute Gasteiger partial charge is 0.391 e. The lowest BCUT2D eigenvalue weighted by atomic mass is 9.89. The van der Waals surface area contributed by atoms with Gasteiger partial charge >= 0.3 is 12.2 Å². The molecule has 1 saturated heterocycles. The van der Waals surface area contributed by atoms with Crippen LogP contribution >= 0.6 is 0 Å². The highest BCUT2D eigenvalue weighted by Crippen LogP contribution is 2.43. The Morgan fingerprint density at radius 1 is 1.27 bits per heavy atom. The Kier molecular flexibility index (Phi) is 4.15. The number of β-amino-alcohol motifs (C(OH)–C–C–N with tert-alkyl or cyclic N) is 1. The Morgan fingerprint density at radius 2 is 1.86 bits per heavy atom. The first kappa shape index (κ1) is 16.3. The zero-order valence-corrected chi connectivity index (χ0v) is 11.7. The van der Waals surface area contributed by atoms with E-state index in [-0.39, 0.29) is 12.0 Å². The largest absolute Gasteiger partial charge is 0.425 e. The van der Waals surface area contributed by atoms with Gasteiger partial charge < -0.3 is 10.4 Å². The number of amides is 3. The Hall–Kier alpha value is -2.09. The molecule has 0 aliphatic carbocycles. The van der Waals surface area contributed by atoms with Gasteiger partial charge in [0.05, 0.1) is 12.6 Å². The minimum atomic E-state index is -5.01. The van der Waals surface area contributed by atoms with Crippen molar-refractivity contribution < 1.29 is 27.9 Å². The van der Waals surface area contributed by atoms with E-state index >= 15 is 0 Å². The van der Waals surface area contributed by atoms with E-state index in [0.29, 0.717) is 4.90 Å². The molecular weight excluding hydrogens is 301 g/mol. The molecule has 0 unspecified atom stereocenters. The molecule has 1 aliphatic heterocycles. The van der Waals surface area contributed by atoms with E-state index in [0.717, 1.165) is 12.1 Å². The van der Waals surface area contributed by atoms with Crippen molar-refractivity contribution in [3.05, 3.63) is 35.9 Å². The first-order valence-corrected chi connectivity index (χ1v) is 6.68. The van der Waals surface area contributed by atoms with E-state index in [1.807, 2.05) is 0 Å². The van der Waals surface area contributed by atoms with Crippen LogP contribution in [0.3, 0.4) is 0 Å². The van der Waals surface area contributed by atoms with Gasteiger partial charge in [0.25, 0.3) is 5.91 Å². The van der Waals surface area contributed by atoms with Crippen LogP contribution in [0.1, 0.15) is 18.9 Å². The summed E-state index contributed by atoms with van der Waals surface area (Å²) in [5, 5.41) is 11.3. The number of aliphatic hydroxyl groups excluding tert-OH is 1. The number of nitrogens with one attached hydrogen (secondary N) is 1. The van der Waals surface area contributed by atoms with Gasteiger partial charge in [0.2, 0.25) is 5.54 Å². The minimum absolute atomic E-state index is 0.210. The molecule has 2 atom stereocenters. The molecule has 2 N–H and O–H groups in total. The molecule has 120 valence electrons. The maximum absolute atomic E-state index is 13.6. The van der Waals surface area contributed by atoms with Gasteiger partial charge in [0, 0.05) is 0 Å². The molecule has 0 aromatic heterocycles. The first-order chi connectivity index (χ1) is 10.2. The lowest BCUT2D eigenvalue weighted by Gasteiger charge is -2.29. The van der Waals surface area contributed by atoms with Gasteiger partial charge in [-0.05, 0) is 12.0 Å². The number of carbonyl (C=O) groups is 2. The number of carbonyl (C=O) groups excluding carboxylic acids is 2. The monoisotopic (exact) mass is 316 g/mol. The number of rotatable bonds is 4. The number of nitrogens with zero attached hydrogens (tertiary/aromatic N) is 1. The van der Waals surface area contributed by atoms with Crippen LogP contribution in [0.15, 0.2) is 30.3 Å². The average molecular weight is 316 g/mol. The first-order valence-electron chi connectivity index (χ1n) is 6.68. The molecular formula is C14H15F3N2O3. The van der Waals surface area contributed by atoms with E-state index in [4.69, 9.17) is 0 Å². The second kappa shape index (κ2) is 5.60. The second-order valence-corrected chi connectivity index (χ2v) is 5.02. The highest BCUT2D eigenvalue weighted by Gasteiger charge is 2.68. The predicted molar refractivity (Wildman–Crippen MR) is 70.7 cm³/mol. The van der Waals surface area contributed by atoms with E-state index in [2.05, 4.69) is 0 Å². The fraction of sp³-hybridized carbons (Fsp3) is 0.429. The number of imide groups is 1. The Morgan fingerprint density at radius 3 is 2.36 bits per heavy atom. The highest BCUT2D eigenvalue weighted by molar-refractivity contribution is 6.08. The lowest BCUT2D eigenvalue weighted by molar-refractivity contribution is -0.198. The minimum Gasteiger partial charge on any atom is -0.391 e. The number of aliphatic hydroxyl groups is 1. The van der Waals surface area contributed by atoms with Gasteiger partial charge in [-0.2, -0.15) is 13.2 Å². The van der Waals surface area contributed by atoms with Crippen molar-refractivity contribution in [2.45, 2.75) is 31.2 Å². The summed E-state index contributed by atoms with van der Waals surface area (Å²) in [5.74, 6) is -1.43. The summed E-state index contributed by atoms with van der Waals surface area (Å²) in [6.45, 7) is 1.11. The highest BCUT2D eigenvalue weighted by atomic mass is 19.4. The van der Waals surface area contributed by atoms with Gasteiger partial charge in [-0.3, -0.25) is 9.69 Å². The molecule has 2 rings (SSSR count). The molecule has 1 aromatic rings. The van der Waals surface area contributed by atoms with Crippen LogP contribution in [-0.2, 0) is 10.3 Å². The van der Waals surface area contributed by atoms with Crippen LogP contribution in [0.5, 0.6) is 0 Å². The number of hydrogen-bond acceptors (Lipinski definition) is 3. The molecule has 0 radical (unpaired) electrons. The number of halogens is 3. The molecule has 1 fully saturated rings. The van der Waals surface area contributed by atoms with Crippen molar-refractivity contribution in [1.82, 2.24) is 10.2 Å². The zero-order valence-electron chi connectivity index (χ0n) is 11.7. The molecule has 0 bridgehead atoms. The van der Waals surface area contributed by atoms with Gasteiger partial charge in [-0.1, -0.05) is 37.3 Å². The molecule has 0 saturated carbocycles. The third-order valence-corrected chi connectivity index (χ3v) is 3.60. The van der Waals surface area contributed by atoms with Crippen molar-refractivity contribution in [2.24, 2.45) is 0 Å². The van der Waals surface area contributed by atoms with Crippen LogP contribution in [0.25, 0.3) is 0 Å². The summed E-state index contributed by atoms with van der Waals surface area (Å²) in [4.78, 5) is 24.6. The van der Waals surface area contributed by atoms with Crippen molar-refractivity contribution >= 4 is 11.9 Å². The van der Waals surface area contributed by atoms with E-state index in [1.165, 1.54) is 18.2 Å². The van der Waals surface area contributed by atoms with Crippen LogP contribution in [0.2, 0.25) is 0 Å². The molecule has 1 aliphatic rings. The Balaban J connectivity index is 2.49. The summed E-state index contributed by atoms with van der Waals surface area (Å²) >= 11 is 0. The van der Waals surface area contributed by atoms with Crippen LogP contribution in [0, 0.1) is 0 Å². The summed E-state index contributed by atoms with van der Waals surface area (Å²) in [5.41, 5.74) is -3.48. The number of hydrogen-bond donors (Lipinski definition) is 2. The lowest BCUT2D eigenvalue weighted by Crippen LogP contribution is -2.55. The van der Waals surface area contributed by atoms with Gasteiger partial charge in [0.15, 0.2) is 0 Å². The van der Waals surface area contributed by atoms with Crippen molar-refractivity contribution in [2.75, 3.05) is 6.54 Å². The van der Waals surface area contributed by atoms with Crippen molar-refractivity contribution in [3.8, 4) is 0 Å². The molecule has 3 amide bonds. The molecule has 22 heavy (non-hydrogen) atoms. The van der Waals surface area contributed by atoms with Gasteiger partial charge in [-0.15, -0.1) is 0 Å². The Bertz CT molecular complexity index is 576. The third-order valence-electron chi connectivity index (χ3n) is 3.60. The Labute approximate surface area is 124 Å². The fourth-order valence-electron chi connectivity index (χ4n) is 2.32. The predicted octanol–water partition coefficient (Wildman–Crippen LogP) is 1.77. The second-order valence-electron chi connectivity index (χ2n) is 5.02. The summed E-state index contributed by atoms with van der Waals surface area (Å²) in [6.07, 6.45) is -5.87. The normalized spacial score (nSPS) is 23.6. The standard InChI is InChI=1S/C14H15F3N2O3/c1-2-10(20)8-19-11(21)13(14(15,16)17,18-12(19)22)9-6-4-3-5-7-9/h3-7,10,20H,2,8H2,1H3,(H,18,22)/t10-,13+/m0/s1. The van der Waals surface area contributed by atoms with Crippen LogP contribution in [-0.4, -0.2) is 40.8 Å². The summed E-state index contributed by atoms with van der Waals surface area (Å²) < 4.78 is 40.8. The van der Waals surface area contributed by atoms with E-state index in [9.17, 15) is 27.9 Å². The summed E-state index contributed by atoms with van der Waals surface area (Å²) in [6, 6.07) is 5.31. The molecule has 1 aromatic carbocycles. The van der Waals surface area contributed by atoms with Gasteiger partial charge in [-0.25, -0.2) is 4.79 Å². The topological polar surface area (TPSA) is 69.6 Å². The van der Waals surface area contributed by atoms with Crippen LogP contribution < -0.4 is 5.32 Å². The SMILES string of the molecule is CC[C@H](O)CN1C(=O)N[C@@](c2ccccc2)(C(F)(F)F)C1=O. The average Bonchev–Trinajstić information content (AvgIpc) is 2.73. The van der Waals surface area contributed by atoms with E-state index < -0.39 is 36.3 Å². The van der Waals surface area contributed by atoms with Crippen molar-refractivity contribution in [1.29, 1.82) is 0 Å². The number of urea groups is 1. The quantitative estimate of drug-likeness (QED) is 0.832. The molecule has 5 nitrogen and oxygen atoms in total. The maximum atomic E-state index is 13.6. The number of alkyl halides is 3. The maximum Gasteiger partial charge on any atom is 0.425 e. The van der Waals surface area contributed by atoms with Crippen LogP contribution in [0.4, 0.5) is 18.0 Å². The van der Waals surface area contributed by atoms with Crippen molar-refractivity contribution in [3.63, 3.8) is 0 Å². The molecule has 0 spiro atoms. The van der Waals surface area contributed by atoms with Gasteiger partial charge in [0.1, 0.15) is 0 Å². The zero-order chi connectivity index (χ0) is 16.5.